The molecular weight excluding hydrogens is 498 g/mol. The summed E-state index contributed by atoms with van der Waals surface area (Å²) in [5.74, 6) is 0.621. The summed E-state index contributed by atoms with van der Waals surface area (Å²) >= 11 is 0. The van der Waals surface area contributed by atoms with Crippen LogP contribution in [0.3, 0.4) is 0 Å². The van der Waals surface area contributed by atoms with E-state index in [4.69, 9.17) is 10.5 Å². The van der Waals surface area contributed by atoms with Gasteiger partial charge in [-0.3, -0.25) is 29.6 Å². The Hall–Kier alpha value is -5.19. The number of anilines is 1. The van der Waals surface area contributed by atoms with E-state index in [0.29, 0.717) is 54.0 Å². The molecule has 2 aromatic carbocycles. The number of ether oxygens (including phenoxy) is 1. The molecule has 0 atom stereocenters. The van der Waals surface area contributed by atoms with Gasteiger partial charge in [0.1, 0.15) is 23.3 Å². The molecule has 5 rings (SSSR count). The molecule has 11 nitrogen and oxygen atoms in total. The fraction of sp³-hybridized carbons (Fsp3) is 0.179. The number of fused-ring (bicyclic) bond motifs is 1. The van der Waals surface area contributed by atoms with Crippen molar-refractivity contribution in [2.45, 2.75) is 31.7 Å². The molecule has 198 valence electrons. The fourth-order valence-corrected chi connectivity index (χ4v) is 4.70. The maximum Gasteiger partial charge on any atom is 0.335 e. The van der Waals surface area contributed by atoms with Gasteiger partial charge < -0.3 is 10.5 Å². The summed E-state index contributed by atoms with van der Waals surface area (Å²) in [6, 6.07) is 16.4. The number of benzene rings is 2. The van der Waals surface area contributed by atoms with Crippen molar-refractivity contribution >= 4 is 28.8 Å². The number of para-hydroxylation sites is 1. The summed E-state index contributed by atoms with van der Waals surface area (Å²) in [5.41, 5.74) is 13.0. The van der Waals surface area contributed by atoms with Crippen LogP contribution in [0.25, 0.3) is 16.9 Å². The Bertz CT molecular complexity index is 1610. The molecule has 0 saturated heterocycles. The standard InChI is InChI=1S/C28H27N7O4/c1-2-23(36)32-33-24(37)16-18-8-10-20(11-9-18)35-27-25(26(29)30-17-31-27)34(28(35)38)19-12-14-22(15-13-19)39-21-6-4-3-5-7-21/h2-7,12-17,20H,1,8-11H2,(H,32,36)(H,33,37)(H2,29,30,31). The minimum Gasteiger partial charge on any atom is -0.457 e. The SMILES string of the molecule is C=CC(=O)NNC(=O)C=C1CCC(n2c(=O)n(-c3ccc(Oc4ccccc4)cc3)c3c(N)ncnc32)CC1. The molecule has 0 spiro atoms. The molecule has 1 aliphatic carbocycles. The molecular formula is C28H27N7O4. The summed E-state index contributed by atoms with van der Waals surface area (Å²) in [6.07, 6.45) is 6.37. The van der Waals surface area contributed by atoms with Gasteiger partial charge in [-0.1, -0.05) is 30.4 Å². The molecule has 4 aromatic rings. The van der Waals surface area contributed by atoms with Gasteiger partial charge >= 0.3 is 5.69 Å². The normalized spacial score (nSPS) is 15.0. The summed E-state index contributed by atoms with van der Waals surface area (Å²) in [6.45, 7) is 3.33. The van der Waals surface area contributed by atoms with E-state index in [2.05, 4.69) is 27.4 Å². The molecule has 2 amide bonds. The van der Waals surface area contributed by atoms with Gasteiger partial charge in [0, 0.05) is 12.1 Å². The van der Waals surface area contributed by atoms with E-state index >= 15 is 0 Å². The molecule has 2 heterocycles. The third kappa shape index (κ3) is 5.42. The molecule has 2 aromatic heterocycles. The van der Waals surface area contributed by atoms with E-state index in [0.717, 1.165) is 11.6 Å². The summed E-state index contributed by atoms with van der Waals surface area (Å²) in [7, 11) is 0. The molecule has 4 N–H and O–H groups in total. The lowest BCUT2D eigenvalue weighted by Crippen LogP contribution is -2.40. The maximum atomic E-state index is 13.8. The molecule has 11 heteroatoms. The van der Waals surface area contributed by atoms with Gasteiger partial charge in [-0.25, -0.2) is 14.8 Å². The van der Waals surface area contributed by atoms with Crippen LogP contribution in [0.5, 0.6) is 11.5 Å². The van der Waals surface area contributed by atoms with Crippen molar-refractivity contribution in [2.24, 2.45) is 0 Å². The van der Waals surface area contributed by atoms with E-state index in [9.17, 15) is 14.4 Å². The molecule has 0 radical (unpaired) electrons. The first-order valence-electron chi connectivity index (χ1n) is 12.4. The third-order valence-corrected chi connectivity index (χ3v) is 6.55. The smallest absolute Gasteiger partial charge is 0.335 e. The van der Waals surface area contributed by atoms with Crippen LogP contribution >= 0.6 is 0 Å². The van der Waals surface area contributed by atoms with Gasteiger partial charge in [0.25, 0.3) is 11.8 Å². The third-order valence-electron chi connectivity index (χ3n) is 6.55. The molecule has 1 saturated carbocycles. The van der Waals surface area contributed by atoms with Crippen LogP contribution in [0.2, 0.25) is 0 Å². The number of hydrogen-bond donors (Lipinski definition) is 3. The molecule has 0 unspecified atom stereocenters. The van der Waals surface area contributed by atoms with Crippen molar-refractivity contribution in [3.05, 3.63) is 95.7 Å². The number of nitrogens with zero attached hydrogens (tertiary/aromatic N) is 4. The Morgan fingerprint density at radius 1 is 0.974 bits per heavy atom. The number of allylic oxidation sites excluding steroid dienone is 1. The number of carbonyl (C=O) groups excluding carboxylic acids is 2. The number of hydrazine groups is 1. The quantitative estimate of drug-likeness (QED) is 0.258. The second-order valence-corrected chi connectivity index (χ2v) is 9.04. The van der Waals surface area contributed by atoms with Gasteiger partial charge in [-0.15, -0.1) is 0 Å². The number of imidazole rings is 1. The second-order valence-electron chi connectivity index (χ2n) is 9.04. The number of hydrogen-bond acceptors (Lipinski definition) is 7. The molecule has 39 heavy (non-hydrogen) atoms. The van der Waals surface area contributed by atoms with Crippen LogP contribution in [0.4, 0.5) is 5.82 Å². The zero-order valence-electron chi connectivity index (χ0n) is 21.0. The van der Waals surface area contributed by atoms with Gasteiger partial charge in [-0.2, -0.15) is 0 Å². The number of nitrogen functional groups attached to an aromatic ring is 1. The second kappa shape index (κ2) is 11.1. The highest BCUT2D eigenvalue weighted by molar-refractivity contribution is 5.92. The Balaban J connectivity index is 1.40. The van der Waals surface area contributed by atoms with Crippen LogP contribution < -0.4 is 27.0 Å². The minimum atomic E-state index is -0.499. The van der Waals surface area contributed by atoms with Crippen LogP contribution in [-0.4, -0.2) is 30.9 Å². The Kier molecular flexibility index (Phi) is 7.21. The lowest BCUT2D eigenvalue weighted by atomic mass is 9.90. The minimum absolute atomic E-state index is 0.142. The largest absolute Gasteiger partial charge is 0.457 e. The summed E-state index contributed by atoms with van der Waals surface area (Å²) in [5, 5.41) is 0. The van der Waals surface area contributed by atoms with Crippen LogP contribution in [0, 0.1) is 0 Å². The van der Waals surface area contributed by atoms with E-state index in [-0.39, 0.29) is 17.5 Å². The Labute approximate surface area is 223 Å². The van der Waals surface area contributed by atoms with E-state index in [1.165, 1.54) is 17.0 Å². The number of aromatic nitrogens is 4. The van der Waals surface area contributed by atoms with E-state index in [1.807, 2.05) is 30.3 Å². The zero-order chi connectivity index (χ0) is 27.4. The number of nitrogens with one attached hydrogen (secondary N) is 2. The van der Waals surface area contributed by atoms with Gasteiger partial charge in [0.15, 0.2) is 11.5 Å². The molecule has 0 bridgehead atoms. The van der Waals surface area contributed by atoms with Crippen molar-refractivity contribution in [2.75, 3.05) is 5.73 Å². The van der Waals surface area contributed by atoms with E-state index in [1.54, 1.807) is 28.8 Å². The predicted octanol–water partition coefficient (Wildman–Crippen LogP) is 3.33. The highest BCUT2D eigenvalue weighted by Gasteiger charge is 2.27. The number of amides is 2. The highest BCUT2D eigenvalue weighted by atomic mass is 16.5. The monoisotopic (exact) mass is 525 g/mol. The molecule has 0 aliphatic heterocycles. The van der Waals surface area contributed by atoms with Gasteiger partial charge in [0.2, 0.25) is 0 Å². The van der Waals surface area contributed by atoms with Gasteiger partial charge in [0.05, 0.1) is 5.69 Å². The average molecular weight is 526 g/mol. The first-order chi connectivity index (χ1) is 18.9. The summed E-state index contributed by atoms with van der Waals surface area (Å²) in [4.78, 5) is 45.7. The average Bonchev–Trinajstić information content (AvgIpc) is 3.26. The predicted molar refractivity (Wildman–Crippen MR) is 146 cm³/mol. The topological polar surface area (TPSA) is 146 Å². The van der Waals surface area contributed by atoms with Crippen molar-refractivity contribution in [1.82, 2.24) is 30.0 Å². The Morgan fingerprint density at radius 3 is 2.33 bits per heavy atom. The Morgan fingerprint density at radius 2 is 1.64 bits per heavy atom. The zero-order valence-corrected chi connectivity index (χ0v) is 21.0. The van der Waals surface area contributed by atoms with Crippen LogP contribution in [-0.2, 0) is 9.59 Å². The van der Waals surface area contributed by atoms with Crippen molar-refractivity contribution in [3.63, 3.8) is 0 Å². The lowest BCUT2D eigenvalue weighted by molar-refractivity contribution is -0.123. The van der Waals surface area contributed by atoms with Crippen molar-refractivity contribution in [3.8, 4) is 17.2 Å². The number of carbonyl (C=O) groups is 2. The van der Waals surface area contributed by atoms with Crippen molar-refractivity contribution in [1.29, 1.82) is 0 Å². The first kappa shape index (κ1) is 25.5. The first-order valence-corrected chi connectivity index (χ1v) is 12.4. The van der Waals surface area contributed by atoms with Crippen molar-refractivity contribution < 1.29 is 14.3 Å². The number of rotatable bonds is 6. The maximum absolute atomic E-state index is 13.8. The van der Waals surface area contributed by atoms with Crippen LogP contribution in [0.1, 0.15) is 31.7 Å². The molecule has 1 aliphatic rings. The molecule has 1 fully saturated rings. The van der Waals surface area contributed by atoms with Gasteiger partial charge in [-0.05, 0) is 68.2 Å². The van der Waals surface area contributed by atoms with E-state index < -0.39 is 11.8 Å². The lowest BCUT2D eigenvalue weighted by Gasteiger charge is -2.24. The summed E-state index contributed by atoms with van der Waals surface area (Å²) < 4.78 is 9.08. The van der Waals surface area contributed by atoms with Crippen LogP contribution in [0.15, 0.2) is 90.0 Å². The highest BCUT2D eigenvalue weighted by Crippen LogP contribution is 2.34. The number of nitrogens with two attached hydrogens (primary N) is 1. The fourth-order valence-electron chi connectivity index (χ4n) is 4.70.